The number of halogens is 1. The molecule has 0 aromatic heterocycles. The minimum atomic E-state index is -3.68. The van der Waals surface area contributed by atoms with Gasteiger partial charge in [-0.3, -0.25) is 0 Å². The van der Waals surface area contributed by atoms with Crippen LogP contribution in [0.2, 0.25) is 0 Å². The third kappa shape index (κ3) is 3.86. The molecule has 0 radical (unpaired) electrons. The van der Waals surface area contributed by atoms with Gasteiger partial charge in [0.2, 0.25) is 10.0 Å². The number of aromatic carboxylic acids is 1. The fraction of sp³-hybridized carbons (Fsp3) is 0.417. The number of nitrogens with zero attached hydrogens (tertiary/aromatic N) is 1. The second kappa shape index (κ2) is 7.10. The van der Waals surface area contributed by atoms with Gasteiger partial charge in [-0.15, -0.1) is 0 Å². The minimum Gasteiger partial charge on any atom is -0.478 e. The summed E-state index contributed by atoms with van der Waals surface area (Å²) in [4.78, 5) is 11.1. The molecule has 0 saturated carbocycles. The van der Waals surface area contributed by atoms with Gasteiger partial charge in [0, 0.05) is 22.4 Å². The van der Waals surface area contributed by atoms with Crippen LogP contribution in [-0.2, 0) is 10.0 Å². The lowest BCUT2D eigenvalue weighted by atomic mass is 10.2. The highest BCUT2D eigenvalue weighted by atomic mass is 127. The number of rotatable bonds is 6. The first-order chi connectivity index (χ1) is 9.21. The minimum absolute atomic E-state index is 0.00223. The molecule has 1 unspecified atom stereocenters. The number of carboxylic acids is 1. The molecule has 20 heavy (non-hydrogen) atoms. The van der Waals surface area contributed by atoms with Crippen molar-refractivity contribution in [3.8, 4) is 0 Å². The van der Waals surface area contributed by atoms with Gasteiger partial charge in [-0.1, -0.05) is 0 Å². The van der Waals surface area contributed by atoms with Crippen LogP contribution in [0.15, 0.2) is 23.1 Å². The van der Waals surface area contributed by atoms with Crippen molar-refractivity contribution in [2.75, 3.05) is 19.1 Å². The Morgan fingerprint density at radius 3 is 2.60 bits per heavy atom. The van der Waals surface area contributed by atoms with Crippen LogP contribution in [0.3, 0.4) is 0 Å². The first-order valence-electron chi connectivity index (χ1n) is 5.71. The van der Waals surface area contributed by atoms with E-state index in [9.17, 15) is 13.2 Å². The van der Waals surface area contributed by atoms with Crippen molar-refractivity contribution in [3.05, 3.63) is 27.3 Å². The van der Waals surface area contributed by atoms with Crippen molar-refractivity contribution >= 4 is 50.3 Å². The lowest BCUT2D eigenvalue weighted by molar-refractivity contribution is 0.0695. The Hall–Kier alpha value is -0.320. The van der Waals surface area contributed by atoms with Gasteiger partial charge in [0.05, 0.1) is 10.5 Å². The van der Waals surface area contributed by atoms with Crippen molar-refractivity contribution in [2.24, 2.45) is 0 Å². The number of thioether (sulfide) groups is 1. The molecule has 0 saturated heterocycles. The van der Waals surface area contributed by atoms with Gasteiger partial charge >= 0.3 is 5.97 Å². The van der Waals surface area contributed by atoms with Gasteiger partial charge in [-0.2, -0.15) is 16.1 Å². The van der Waals surface area contributed by atoms with E-state index in [4.69, 9.17) is 5.11 Å². The van der Waals surface area contributed by atoms with E-state index in [-0.39, 0.29) is 16.5 Å². The maximum absolute atomic E-state index is 12.5. The smallest absolute Gasteiger partial charge is 0.336 e. The molecular formula is C12H16INO4S2. The van der Waals surface area contributed by atoms with E-state index in [2.05, 4.69) is 0 Å². The molecule has 0 fully saturated rings. The highest BCUT2D eigenvalue weighted by Crippen LogP contribution is 2.22. The summed E-state index contributed by atoms with van der Waals surface area (Å²) in [6, 6.07) is 3.99. The predicted octanol–water partition coefficient (Wildman–Crippen LogP) is 2.36. The largest absolute Gasteiger partial charge is 0.478 e. The van der Waals surface area contributed by atoms with Crippen molar-refractivity contribution in [1.29, 1.82) is 0 Å². The fourth-order valence-corrected chi connectivity index (χ4v) is 4.33. The Morgan fingerprint density at radius 2 is 2.10 bits per heavy atom. The molecule has 0 aliphatic rings. The van der Waals surface area contributed by atoms with Crippen LogP contribution in [0.5, 0.6) is 0 Å². The van der Waals surface area contributed by atoms with Gasteiger partial charge in [0.1, 0.15) is 0 Å². The molecule has 1 atom stereocenters. The van der Waals surface area contributed by atoms with E-state index >= 15 is 0 Å². The number of hydrogen-bond acceptors (Lipinski definition) is 4. The monoisotopic (exact) mass is 429 g/mol. The molecule has 8 heteroatoms. The SMILES string of the molecule is CSCC(C)N(C)S(=O)(=O)c1ccc(I)c(C(=O)O)c1. The summed E-state index contributed by atoms with van der Waals surface area (Å²) in [7, 11) is -2.17. The van der Waals surface area contributed by atoms with Crippen LogP contribution < -0.4 is 0 Å². The quantitative estimate of drug-likeness (QED) is 0.703. The zero-order chi connectivity index (χ0) is 15.5. The van der Waals surface area contributed by atoms with Crippen LogP contribution in [0, 0.1) is 3.57 Å². The molecule has 0 amide bonds. The summed E-state index contributed by atoms with van der Waals surface area (Å²) in [6.07, 6.45) is 1.91. The number of sulfonamides is 1. The van der Waals surface area contributed by atoms with Crippen LogP contribution >= 0.6 is 34.4 Å². The lowest BCUT2D eigenvalue weighted by Crippen LogP contribution is -2.36. The van der Waals surface area contributed by atoms with E-state index < -0.39 is 16.0 Å². The summed E-state index contributed by atoms with van der Waals surface area (Å²) in [5.74, 6) is -0.461. The first kappa shape index (κ1) is 17.7. The van der Waals surface area contributed by atoms with E-state index in [0.717, 1.165) is 0 Å². The van der Waals surface area contributed by atoms with Crippen LogP contribution in [0.1, 0.15) is 17.3 Å². The summed E-state index contributed by atoms with van der Waals surface area (Å²) in [6.45, 7) is 1.82. The van der Waals surface area contributed by atoms with Crippen LogP contribution in [0.25, 0.3) is 0 Å². The van der Waals surface area contributed by atoms with Gasteiger partial charge in [0.15, 0.2) is 0 Å². The van der Waals surface area contributed by atoms with Crippen molar-refractivity contribution in [3.63, 3.8) is 0 Å². The maximum Gasteiger partial charge on any atom is 0.336 e. The molecule has 0 aliphatic heterocycles. The maximum atomic E-state index is 12.5. The molecule has 1 aromatic carbocycles. The van der Waals surface area contributed by atoms with Crippen LogP contribution in [-0.4, -0.2) is 48.9 Å². The zero-order valence-electron chi connectivity index (χ0n) is 11.3. The Morgan fingerprint density at radius 1 is 1.50 bits per heavy atom. The molecule has 0 aliphatic carbocycles. The predicted molar refractivity (Wildman–Crippen MR) is 88.9 cm³/mol. The Labute approximate surface area is 136 Å². The van der Waals surface area contributed by atoms with Crippen molar-refractivity contribution < 1.29 is 18.3 Å². The van der Waals surface area contributed by atoms with E-state index in [1.165, 1.54) is 29.6 Å². The normalized spacial score (nSPS) is 13.4. The third-order valence-electron chi connectivity index (χ3n) is 2.87. The summed E-state index contributed by atoms with van der Waals surface area (Å²) in [5.41, 5.74) is -0.00223. The summed E-state index contributed by atoms with van der Waals surface area (Å²) in [5, 5.41) is 9.07. The standard InChI is InChI=1S/C12H16INO4S2/c1-8(7-19-3)14(2)20(17,18)9-4-5-11(13)10(6-9)12(15)16/h4-6,8H,7H2,1-3H3,(H,15,16). The molecule has 1 N–H and O–H groups in total. The van der Waals surface area contributed by atoms with Gasteiger partial charge < -0.3 is 5.11 Å². The fourth-order valence-electron chi connectivity index (χ4n) is 1.58. The molecule has 1 aromatic rings. The average molecular weight is 429 g/mol. The summed E-state index contributed by atoms with van der Waals surface area (Å²) < 4.78 is 26.7. The molecule has 5 nitrogen and oxygen atoms in total. The van der Waals surface area contributed by atoms with E-state index in [1.54, 1.807) is 11.8 Å². The van der Waals surface area contributed by atoms with Gasteiger partial charge in [-0.05, 0) is 54.0 Å². The Kier molecular flexibility index (Phi) is 6.29. The highest BCUT2D eigenvalue weighted by Gasteiger charge is 2.26. The number of carbonyl (C=O) groups is 1. The lowest BCUT2D eigenvalue weighted by Gasteiger charge is -2.23. The van der Waals surface area contributed by atoms with Crippen molar-refractivity contribution in [1.82, 2.24) is 4.31 Å². The third-order valence-corrected chi connectivity index (χ3v) is 6.60. The number of carboxylic acid groups (broad SMARTS) is 1. The molecule has 0 heterocycles. The number of benzene rings is 1. The summed E-state index contributed by atoms with van der Waals surface area (Å²) >= 11 is 3.43. The first-order valence-corrected chi connectivity index (χ1v) is 9.63. The topological polar surface area (TPSA) is 74.7 Å². The van der Waals surface area contributed by atoms with E-state index in [0.29, 0.717) is 9.32 Å². The second-order valence-electron chi connectivity index (χ2n) is 4.27. The van der Waals surface area contributed by atoms with Crippen LogP contribution in [0.4, 0.5) is 0 Å². The molecule has 1 rings (SSSR count). The Bertz CT molecular complexity index is 603. The van der Waals surface area contributed by atoms with E-state index in [1.807, 2.05) is 35.8 Å². The highest BCUT2D eigenvalue weighted by molar-refractivity contribution is 14.1. The Balaban J connectivity index is 3.22. The molecule has 0 bridgehead atoms. The van der Waals surface area contributed by atoms with Crippen molar-refractivity contribution in [2.45, 2.75) is 17.9 Å². The van der Waals surface area contributed by atoms with Gasteiger partial charge in [0.25, 0.3) is 0 Å². The molecule has 112 valence electrons. The molecule has 0 spiro atoms. The van der Waals surface area contributed by atoms with Gasteiger partial charge in [-0.25, -0.2) is 13.2 Å². The second-order valence-corrected chi connectivity index (χ2v) is 8.34. The number of hydrogen-bond donors (Lipinski definition) is 1. The average Bonchev–Trinajstić information content (AvgIpc) is 2.37. The zero-order valence-corrected chi connectivity index (χ0v) is 15.1. The molecular weight excluding hydrogens is 413 g/mol.